The topological polar surface area (TPSA) is 93.5 Å². The van der Waals surface area contributed by atoms with Crippen LogP contribution in [-0.2, 0) is 27.8 Å². The fourth-order valence-electron chi connectivity index (χ4n) is 5.07. The molecule has 1 aromatic heterocycles. The van der Waals surface area contributed by atoms with E-state index in [1.54, 1.807) is 0 Å². The summed E-state index contributed by atoms with van der Waals surface area (Å²) in [5, 5.41) is 2.90. The molecule has 0 aliphatic carbocycles. The summed E-state index contributed by atoms with van der Waals surface area (Å²) in [6.07, 6.45) is 2.51. The number of carbonyl (C=O) groups is 1. The molecule has 3 aromatic rings. The average Bonchev–Trinajstić information content (AvgIpc) is 3.38. The van der Waals surface area contributed by atoms with Gasteiger partial charge in [0.05, 0.1) is 29.1 Å². The van der Waals surface area contributed by atoms with Gasteiger partial charge in [0.2, 0.25) is 5.91 Å². The number of fused-ring (bicyclic) bond motifs is 1. The van der Waals surface area contributed by atoms with Gasteiger partial charge in [-0.1, -0.05) is 30.3 Å². The third-order valence-electron chi connectivity index (χ3n) is 6.96. The van der Waals surface area contributed by atoms with Gasteiger partial charge in [-0.3, -0.25) is 9.69 Å². The lowest BCUT2D eigenvalue weighted by Gasteiger charge is -2.32. The van der Waals surface area contributed by atoms with Crippen LogP contribution in [0.25, 0.3) is 11.0 Å². The Morgan fingerprint density at radius 3 is 2.51 bits per heavy atom. The molecule has 3 heterocycles. The monoisotopic (exact) mass is 496 g/mol. The van der Waals surface area contributed by atoms with Crippen molar-refractivity contribution in [2.24, 2.45) is 5.92 Å². The van der Waals surface area contributed by atoms with Crippen LogP contribution >= 0.6 is 0 Å². The SMILES string of the molecule is O=C(CN1CCC(Cn2c(COc3ccccc3)nc3ccccc32)CC1)NC1CCS(=O)(=O)C1. The van der Waals surface area contributed by atoms with Crippen LogP contribution in [0.2, 0.25) is 0 Å². The first-order valence-electron chi connectivity index (χ1n) is 12.3. The number of ether oxygens (including phenoxy) is 1. The van der Waals surface area contributed by atoms with E-state index in [4.69, 9.17) is 9.72 Å². The molecular weight excluding hydrogens is 464 g/mol. The van der Waals surface area contributed by atoms with Gasteiger partial charge < -0.3 is 14.6 Å². The lowest BCUT2D eigenvalue weighted by molar-refractivity contribution is -0.123. The Kier molecular flexibility index (Phi) is 7.06. The number of imidazole rings is 1. The van der Waals surface area contributed by atoms with E-state index < -0.39 is 9.84 Å². The van der Waals surface area contributed by atoms with Crippen molar-refractivity contribution < 1.29 is 17.9 Å². The molecular formula is C26H32N4O4S. The van der Waals surface area contributed by atoms with E-state index in [0.717, 1.165) is 55.1 Å². The van der Waals surface area contributed by atoms with Crippen molar-refractivity contribution in [2.75, 3.05) is 31.1 Å². The molecule has 0 spiro atoms. The first-order chi connectivity index (χ1) is 16.9. The molecule has 1 unspecified atom stereocenters. The molecule has 5 rings (SSSR count). The van der Waals surface area contributed by atoms with Gasteiger partial charge >= 0.3 is 0 Å². The molecule has 0 bridgehead atoms. The van der Waals surface area contributed by atoms with E-state index in [0.29, 0.717) is 25.5 Å². The molecule has 0 radical (unpaired) electrons. The number of sulfone groups is 1. The third-order valence-corrected chi connectivity index (χ3v) is 8.73. The number of amides is 1. The smallest absolute Gasteiger partial charge is 0.234 e. The van der Waals surface area contributed by atoms with Gasteiger partial charge in [-0.15, -0.1) is 0 Å². The van der Waals surface area contributed by atoms with Crippen LogP contribution in [0, 0.1) is 5.92 Å². The Morgan fingerprint density at radius 1 is 1.03 bits per heavy atom. The highest BCUT2D eigenvalue weighted by molar-refractivity contribution is 7.91. The van der Waals surface area contributed by atoms with Crippen LogP contribution in [0.15, 0.2) is 54.6 Å². The van der Waals surface area contributed by atoms with Crippen molar-refractivity contribution in [2.45, 2.75) is 38.5 Å². The van der Waals surface area contributed by atoms with Gasteiger partial charge in [-0.25, -0.2) is 13.4 Å². The van der Waals surface area contributed by atoms with Crippen LogP contribution in [0.5, 0.6) is 5.75 Å². The number of likely N-dealkylation sites (tertiary alicyclic amines) is 1. The maximum atomic E-state index is 12.4. The quantitative estimate of drug-likeness (QED) is 0.515. The van der Waals surface area contributed by atoms with Gasteiger partial charge in [0, 0.05) is 12.6 Å². The Labute approximate surface area is 206 Å². The van der Waals surface area contributed by atoms with E-state index in [1.807, 2.05) is 48.5 Å². The Morgan fingerprint density at radius 2 is 1.77 bits per heavy atom. The number of hydrogen-bond donors (Lipinski definition) is 1. The fourth-order valence-corrected chi connectivity index (χ4v) is 6.75. The second-order valence-electron chi connectivity index (χ2n) is 9.62. The summed E-state index contributed by atoms with van der Waals surface area (Å²) in [6.45, 7) is 3.31. The zero-order chi connectivity index (χ0) is 24.3. The number of piperidine rings is 1. The lowest BCUT2D eigenvalue weighted by atomic mass is 9.96. The fraction of sp³-hybridized carbons (Fsp3) is 0.462. The minimum absolute atomic E-state index is 0.0655. The predicted octanol–water partition coefficient (Wildman–Crippen LogP) is 2.63. The third kappa shape index (κ3) is 6.02. The summed E-state index contributed by atoms with van der Waals surface area (Å²) in [5.41, 5.74) is 2.09. The van der Waals surface area contributed by atoms with Gasteiger partial charge in [0.25, 0.3) is 0 Å². The molecule has 2 aliphatic rings. The van der Waals surface area contributed by atoms with E-state index in [-0.39, 0.29) is 23.5 Å². The second-order valence-corrected chi connectivity index (χ2v) is 11.8. The lowest BCUT2D eigenvalue weighted by Crippen LogP contribution is -2.45. The molecule has 2 saturated heterocycles. The molecule has 186 valence electrons. The van der Waals surface area contributed by atoms with Crippen LogP contribution in [-0.4, -0.2) is 66.0 Å². The van der Waals surface area contributed by atoms with Gasteiger partial charge in [-0.05, 0) is 62.5 Å². The molecule has 9 heteroatoms. The molecule has 2 fully saturated rings. The maximum absolute atomic E-state index is 12.4. The summed E-state index contributed by atoms with van der Waals surface area (Å²) in [4.78, 5) is 19.4. The van der Waals surface area contributed by atoms with E-state index in [9.17, 15) is 13.2 Å². The van der Waals surface area contributed by atoms with Crippen LogP contribution in [0.1, 0.15) is 25.1 Å². The molecule has 2 aromatic carbocycles. The second kappa shape index (κ2) is 10.4. The standard InChI is InChI=1S/C26H32N4O4S/c31-26(27-21-12-15-35(32,33)19-21)17-29-13-10-20(11-14-29)16-30-24-9-5-4-8-23(24)28-25(30)18-34-22-6-2-1-3-7-22/h1-9,20-21H,10-19H2,(H,27,31). The molecule has 35 heavy (non-hydrogen) atoms. The van der Waals surface area contributed by atoms with Crippen molar-refractivity contribution >= 4 is 26.8 Å². The number of para-hydroxylation sites is 3. The van der Waals surface area contributed by atoms with E-state index in [1.165, 1.54) is 0 Å². The molecule has 2 aliphatic heterocycles. The first-order valence-corrected chi connectivity index (χ1v) is 14.1. The highest BCUT2D eigenvalue weighted by atomic mass is 32.2. The normalized spacial score (nSPS) is 20.7. The highest BCUT2D eigenvalue weighted by Gasteiger charge is 2.30. The van der Waals surface area contributed by atoms with Crippen molar-refractivity contribution in [1.82, 2.24) is 19.8 Å². The predicted molar refractivity (Wildman–Crippen MR) is 135 cm³/mol. The largest absolute Gasteiger partial charge is 0.486 e. The Hall–Kier alpha value is -2.91. The van der Waals surface area contributed by atoms with E-state index in [2.05, 4.69) is 20.9 Å². The first kappa shape index (κ1) is 23.8. The molecule has 8 nitrogen and oxygen atoms in total. The summed E-state index contributed by atoms with van der Waals surface area (Å²) in [7, 11) is -2.99. The maximum Gasteiger partial charge on any atom is 0.234 e. The number of nitrogens with zero attached hydrogens (tertiary/aromatic N) is 3. The Bertz CT molecular complexity index is 1270. The van der Waals surface area contributed by atoms with Crippen LogP contribution < -0.4 is 10.1 Å². The zero-order valence-electron chi connectivity index (χ0n) is 19.8. The van der Waals surface area contributed by atoms with Crippen molar-refractivity contribution in [3.05, 3.63) is 60.4 Å². The molecule has 1 atom stereocenters. The number of nitrogens with one attached hydrogen (secondary N) is 1. The summed E-state index contributed by atoms with van der Waals surface area (Å²) < 4.78 is 31.5. The zero-order valence-corrected chi connectivity index (χ0v) is 20.6. The molecule has 1 N–H and O–H groups in total. The molecule has 0 saturated carbocycles. The van der Waals surface area contributed by atoms with Crippen LogP contribution in [0.4, 0.5) is 0 Å². The van der Waals surface area contributed by atoms with Gasteiger partial charge in [0.15, 0.2) is 9.84 Å². The number of hydrogen-bond acceptors (Lipinski definition) is 6. The number of carbonyl (C=O) groups excluding carboxylic acids is 1. The summed E-state index contributed by atoms with van der Waals surface area (Å²) >= 11 is 0. The summed E-state index contributed by atoms with van der Waals surface area (Å²) in [6, 6.07) is 17.7. The van der Waals surface area contributed by atoms with Crippen LogP contribution in [0.3, 0.4) is 0 Å². The average molecular weight is 497 g/mol. The van der Waals surface area contributed by atoms with Gasteiger partial charge in [-0.2, -0.15) is 0 Å². The number of benzene rings is 2. The van der Waals surface area contributed by atoms with Crippen molar-refractivity contribution in [3.63, 3.8) is 0 Å². The molecule has 1 amide bonds. The van der Waals surface area contributed by atoms with Gasteiger partial charge in [0.1, 0.15) is 18.2 Å². The van der Waals surface area contributed by atoms with Crippen molar-refractivity contribution in [3.8, 4) is 5.75 Å². The Balaban J connectivity index is 1.17. The minimum atomic E-state index is -2.99. The van der Waals surface area contributed by atoms with Crippen molar-refractivity contribution in [1.29, 1.82) is 0 Å². The highest BCUT2D eigenvalue weighted by Crippen LogP contribution is 2.24. The number of rotatable bonds is 8. The summed E-state index contributed by atoms with van der Waals surface area (Å²) in [5.74, 6) is 2.39. The van der Waals surface area contributed by atoms with E-state index >= 15 is 0 Å². The number of aromatic nitrogens is 2. The minimum Gasteiger partial charge on any atom is -0.486 e.